The SMILES string of the molecule is COc1ccc(-c2nnc(SCC(=O)NCc3ccccc3F)o2)c(OC)c1. The second-order valence-corrected chi connectivity index (χ2v) is 6.52. The minimum Gasteiger partial charge on any atom is -0.497 e. The van der Waals surface area contributed by atoms with Crippen LogP contribution in [0.15, 0.2) is 52.1 Å². The molecule has 0 atom stereocenters. The summed E-state index contributed by atoms with van der Waals surface area (Å²) in [6, 6.07) is 11.5. The van der Waals surface area contributed by atoms with Gasteiger partial charge in [-0.3, -0.25) is 4.79 Å². The van der Waals surface area contributed by atoms with E-state index in [9.17, 15) is 9.18 Å². The normalized spacial score (nSPS) is 10.5. The smallest absolute Gasteiger partial charge is 0.277 e. The van der Waals surface area contributed by atoms with E-state index in [-0.39, 0.29) is 35.1 Å². The van der Waals surface area contributed by atoms with E-state index < -0.39 is 0 Å². The summed E-state index contributed by atoms with van der Waals surface area (Å²) < 4.78 is 29.6. The van der Waals surface area contributed by atoms with Crippen molar-refractivity contribution in [2.45, 2.75) is 11.8 Å². The molecule has 146 valence electrons. The number of aromatic nitrogens is 2. The average Bonchev–Trinajstić information content (AvgIpc) is 3.20. The van der Waals surface area contributed by atoms with Gasteiger partial charge in [0.1, 0.15) is 17.3 Å². The Kier molecular flexibility index (Phi) is 6.49. The van der Waals surface area contributed by atoms with Crippen molar-refractivity contribution in [2.24, 2.45) is 0 Å². The van der Waals surface area contributed by atoms with Crippen molar-refractivity contribution in [1.82, 2.24) is 15.5 Å². The lowest BCUT2D eigenvalue weighted by molar-refractivity contribution is -0.118. The molecule has 1 amide bonds. The minimum absolute atomic E-state index is 0.0653. The van der Waals surface area contributed by atoms with Crippen LogP contribution < -0.4 is 14.8 Å². The number of ether oxygens (including phenoxy) is 2. The summed E-state index contributed by atoms with van der Waals surface area (Å²) in [5.74, 6) is 0.883. The average molecular weight is 403 g/mol. The number of carbonyl (C=O) groups is 1. The summed E-state index contributed by atoms with van der Waals surface area (Å²) in [5, 5.41) is 10.8. The topological polar surface area (TPSA) is 86.5 Å². The van der Waals surface area contributed by atoms with E-state index in [0.717, 1.165) is 11.8 Å². The predicted molar refractivity (Wildman–Crippen MR) is 102 cm³/mol. The lowest BCUT2D eigenvalue weighted by Crippen LogP contribution is -2.25. The maximum Gasteiger partial charge on any atom is 0.277 e. The van der Waals surface area contributed by atoms with E-state index in [1.807, 2.05) is 0 Å². The molecular formula is C19H18FN3O4S. The second-order valence-electron chi connectivity index (χ2n) is 5.60. The molecule has 0 unspecified atom stereocenters. The summed E-state index contributed by atoms with van der Waals surface area (Å²) >= 11 is 1.09. The Morgan fingerprint density at radius 2 is 2.00 bits per heavy atom. The van der Waals surface area contributed by atoms with Gasteiger partial charge in [0.25, 0.3) is 11.1 Å². The zero-order chi connectivity index (χ0) is 19.9. The van der Waals surface area contributed by atoms with Gasteiger partial charge in [0.05, 0.1) is 25.5 Å². The van der Waals surface area contributed by atoms with Gasteiger partial charge in [-0.05, 0) is 18.2 Å². The van der Waals surface area contributed by atoms with Crippen molar-refractivity contribution in [3.63, 3.8) is 0 Å². The van der Waals surface area contributed by atoms with E-state index in [2.05, 4.69) is 15.5 Å². The monoisotopic (exact) mass is 403 g/mol. The van der Waals surface area contributed by atoms with Crippen LogP contribution in [-0.4, -0.2) is 36.1 Å². The van der Waals surface area contributed by atoms with Gasteiger partial charge in [-0.25, -0.2) is 4.39 Å². The molecule has 0 saturated heterocycles. The van der Waals surface area contributed by atoms with Crippen molar-refractivity contribution in [3.8, 4) is 23.0 Å². The molecule has 0 bridgehead atoms. The van der Waals surface area contributed by atoms with E-state index in [1.165, 1.54) is 13.2 Å². The van der Waals surface area contributed by atoms with Crippen molar-refractivity contribution < 1.29 is 23.1 Å². The van der Waals surface area contributed by atoms with Gasteiger partial charge in [0, 0.05) is 18.2 Å². The van der Waals surface area contributed by atoms with Crippen LogP contribution in [0.1, 0.15) is 5.56 Å². The van der Waals surface area contributed by atoms with Gasteiger partial charge >= 0.3 is 0 Å². The largest absolute Gasteiger partial charge is 0.497 e. The Labute approximate surface area is 165 Å². The molecule has 0 saturated carbocycles. The Bertz CT molecular complexity index is 964. The molecule has 0 aliphatic carbocycles. The van der Waals surface area contributed by atoms with Gasteiger partial charge in [-0.15, -0.1) is 10.2 Å². The molecule has 28 heavy (non-hydrogen) atoms. The maximum absolute atomic E-state index is 13.6. The lowest BCUT2D eigenvalue weighted by Gasteiger charge is -2.07. The fourth-order valence-electron chi connectivity index (χ4n) is 2.37. The van der Waals surface area contributed by atoms with Gasteiger partial charge in [0.2, 0.25) is 5.91 Å². The number of nitrogens with zero attached hydrogens (tertiary/aromatic N) is 2. The molecule has 0 spiro atoms. The van der Waals surface area contributed by atoms with Gasteiger partial charge in [-0.2, -0.15) is 0 Å². The highest BCUT2D eigenvalue weighted by Gasteiger charge is 2.16. The third kappa shape index (κ3) is 4.80. The second kappa shape index (κ2) is 9.23. The summed E-state index contributed by atoms with van der Waals surface area (Å²) in [6.45, 7) is 0.115. The van der Waals surface area contributed by atoms with Crippen LogP contribution in [0.4, 0.5) is 4.39 Å². The van der Waals surface area contributed by atoms with Crippen molar-refractivity contribution in [1.29, 1.82) is 0 Å². The number of hydrogen-bond donors (Lipinski definition) is 1. The number of amides is 1. The molecule has 0 fully saturated rings. The van der Waals surface area contributed by atoms with E-state index in [0.29, 0.717) is 22.6 Å². The molecule has 9 heteroatoms. The van der Waals surface area contributed by atoms with E-state index >= 15 is 0 Å². The first kappa shape index (κ1) is 19.7. The standard InChI is InChI=1S/C19H18FN3O4S/c1-25-13-7-8-14(16(9-13)26-2)18-22-23-19(27-18)28-11-17(24)21-10-12-5-3-4-6-15(12)20/h3-9H,10-11H2,1-2H3,(H,21,24). The number of carbonyl (C=O) groups excluding carboxylic acids is 1. The molecule has 3 aromatic rings. The predicted octanol–water partition coefficient (Wildman–Crippen LogP) is 3.30. The number of benzene rings is 2. The van der Waals surface area contributed by atoms with Crippen LogP contribution in [0, 0.1) is 5.82 Å². The van der Waals surface area contributed by atoms with Crippen molar-refractivity contribution >= 4 is 17.7 Å². The van der Waals surface area contributed by atoms with Crippen LogP contribution >= 0.6 is 11.8 Å². The molecule has 2 aromatic carbocycles. The minimum atomic E-state index is -0.356. The van der Waals surface area contributed by atoms with Crippen LogP contribution in [0.3, 0.4) is 0 Å². The quantitative estimate of drug-likeness (QED) is 0.578. The van der Waals surface area contributed by atoms with Gasteiger partial charge in [0.15, 0.2) is 0 Å². The number of methoxy groups -OCH3 is 2. The van der Waals surface area contributed by atoms with Crippen LogP contribution in [0.5, 0.6) is 11.5 Å². The van der Waals surface area contributed by atoms with Gasteiger partial charge < -0.3 is 19.2 Å². The van der Waals surface area contributed by atoms with Crippen molar-refractivity contribution in [3.05, 3.63) is 53.8 Å². The number of nitrogens with one attached hydrogen (secondary N) is 1. The van der Waals surface area contributed by atoms with Crippen LogP contribution in [0.25, 0.3) is 11.5 Å². The number of halogens is 1. The summed E-state index contributed by atoms with van der Waals surface area (Å²) in [4.78, 5) is 12.0. The first-order valence-corrected chi connectivity index (χ1v) is 9.28. The Hall–Kier alpha value is -3.07. The lowest BCUT2D eigenvalue weighted by atomic mass is 10.2. The Balaban J connectivity index is 1.58. The van der Waals surface area contributed by atoms with Crippen molar-refractivity contribution in [2.75, 3.05) is 20.0 Å². The molecule has 7 nitrogen and oxygen atoms in total. The highest BCUT2D eigenvalue weighted by Crippen LogP contribution is 2.33. The van der Waals surface area contributed by atoms with E-state index in [1.54, 1.807) is 43.5 Å². The summed E-state index contributed by atoms with van der Waals surface area (Å²) in [6.07, 6.45) is 0. The fourth-order valence-corrected chi connectivity index (χ4v) is 2.96. The Morgan fingerprint density at radius 3 is 2.75 bits per heavy atom. The third-order valence-corrected chi connectivity index (χ3v) is 4.62. The molecular weight excluding hydrogens is 385 g/mol. The van der Waals surface area contributed by atoms with Gasteiger partial charge in [-0.1, -0.05) is 30.0 Å². The zero-order valence-electron chi connectivity index (χ0n) is 15.3. The molecule has 1 aromatic heterocycles. The van der Waals surface area contributed by atoms with Crippen LogP contribution in [0.2, 0.25) is 0 Å². The molecule has 0 radical (unpaired) electrons. The molecule has 1 N–H and O–H groups in total. The number of thioether (sulfide) groups is 1. The first-order chi connectivity index (χ1) is 13.6. The third-order valence-electron chi connectivity index (χ3n) is 3.81. The summed E-state index contributed by atoms with van der Waals surface area (Å²) in [7, 11) is 3.09. The first-order valence-electron chi connectivity index (χ1n) is 8.29. The summed E-state index contributed by atoms with van der Waals surface area (Å²) in [5.41, 5.74) is 1.04. The number of rotatable bonds is 8. The molecule has 0 aliphatic rings. The molecule has 0 aliphatic heterocycles. The maximum atomic E-state index is 13.6. The number of hydrogen-bond acceptors (Lipinski definition) is 7. The van der Waals surface area contributed by atoms with Crippen LogP contribution in [-0.2, 0) is 11.3 Å². The zero-order valence-corrected chi connectivity index (χ0v) is 16.1. The molecule has 3 rings (SSSR count). The molecule has 1 heterocycles. The van der Waals surface area contributed by atoms with E-state index in [4.69, 9.17) is 13.9 Å². The Morgan fingerprint density at radius 1 is 1.18 bits per heavy atom. The highest BCUT2D eigenvalue weighted by atomic mass is 32.2. The fraction of sp³-hybridized carbons (Fsp3) is 0.211. The highest BCUT2D eigenvalue weighted by molar-refractivity contribution is 7.99.